The third-order valence-electron chi connectivity index (χ3n) is 3.62. The van der Waals surface area contributed by atoms with Crippen LogP contribution in [0.5, 0.6) is 0 Å². The second-order valence-corrected chi connectivity index (χ2v) is 5.19. The summed E-state index contributed by atoms with van der Waals surface area (Å²) in [4.78, 5) is 27.6. The lowest BCUT2D eigenvalue weighted by Crippen LogP contribution is -2.48. The predicted molar refractivity (Wildman–Crippen MR) is 78.5 cm³/mol. The quantitative estimate of drug-likeness (QED) is 0.686. The number of nitro groups is 1. The van der Waals surface area contributed by atoms with E-state index in [4.69, 9.17) is 0 Å². The maximum atomic E-state index is 11.4. The Morgan fingerprint density at radius 3 is 2.57 bits per heavy atom. The van der Waals surface area contributed by atoms with Crippen LogP contribution in [0.25, 0.3) is 10.9 Å². The molecule has 0 radical (unpaired) electrons. The molecule has 0 saturated carbocycles. The zero-order chi connectivity index (χ0) is 15.8. The number of carboxylic acid groups (broad SMARTS) is 1. The van der Waals surface area contributed by atoms with Crippen LogP contribution in [-0.4, -0.2) is 33.6 Å². The largest absolute Gasteiger partial charge is 0.480 e. The monoisotopic (exact) mass is 289 g/mol. The number of carboxylic acids is 1. The molecule has 0 aliphatic carbocycles. The number of hydrogen-bond donors (Lipinski definition) is 1. The predicted octanol–water partition coefficient (Wildman–Crippen LogP) is 2.44. The van der Waals surface area contributed by atoms with Gasteiger partial charge in [-0.05, 0) is 19.9 Å². The summed E-state index contributed by atoms with van der Waals surface area (Å²) in [5.74, 6) is -1.07. The van der Waals surface area contributed by atoms with E-state index in [1.165, 1.54) is 25.8 Å². The molecule has 1 aromatic heterocycles. The van der Waals surface area contributed by atoms with Crippen molar-refractivity contribution >= 4 is 28.2 Å². The molecule has 2 aromatic rings. The molecule has 0 atom stereocenters. The van der Waals surface area contributed by atoms with Crippen LogP contribution in [0.4, 0.5) is 11.4 Å². The van der Waals surface area contributed by atoms with E-state index in [1.54, 1.807) is 24.3 Å². The first-order valence-electron chi connectivity index (χ1n) is 6.26. The molecule has 0 saturated heterocycles. The number of fused-ring (bicyclic) bond motifs is 1. The molecule has 2 rings (SSSR count). The molecule has 110 valence electrons. The summed E-state index contributed by atoms with van der Waals surface area (Å²) in [7, 11) is 1.53. The fraction of sp³-hybridized carbons (Fsp3) is 0.286. The van der Waals surface area contributed by atoms with Gasteiger partial charge < -0.3 is 10.0 Å². The summed E-state index contributed by atoms with van der Waals surface area (Å²) >= 11 is 0. The van der Waals surface area contributed by atoms with Gasteiger partial charge in [0.2, 0.25) is 0 Å². The van der Waals surface area contributed by atoms with Crippen molar-refractivity contribution in [1.29, 1.82) is 0 Å². The SMILES string of the molecule is CN(c1c([N+](=O)[O-])cnc2ccccc12)C(C)(C)C(=O)O. The van der Waals surface area contributed by atoms with Crippen molar-refractivity contribution in [3.8, 4) is 0 Å². The minimum atomic E-state index is -1.30. The summed E-state index contributed by atoms with van der Waals surface area (Å²) in [6.07, 6.45) is 1.16. The Kier molecular flexibility index (Phi) is 3.51. The van der Waals surface area contributed by atoms with Crippen molar-refractivity contribution in [2.45, 2.75) is 19.4 Å². The van der Waals surface area contributed by atoms with E-state index < -0.39 is 16.4 Å². The smallest absolute Gasteiger partial charge is 0.328 e. The Hall–Kier alpha value is -2.70. The summed E-state index contributed by atoms with van der Waals surface area (Å²) in [5, 5.41) is 21.2. The van der Waals surface area contributed by atoms with Crippen LogP contribution in [0.15, 0.2) is 30.5 Å². The zero-order valence-electron chi connectivity index (χ0n) is 11.9. The average Bonchev–Trinajstić information content (AvgIpc) is 2.44. The number of aliphatic carboxylic acids is 1. The Morgan fingerprint density at radius 1 is 1.38 bits per heavy atom. The number of benzene rings is 1. The number of carbonyl (C=O) groups is 1. The van der Waals surface area contributed by atoms with Crippen molar-refractivity contribution in [3.05, 3.63) is 40.6 Å². The van der Waals surface area contributed by atoms with E-state index in [2.05, 4.69) is 4.98 Å². The fourth-order valence-electron chi connectivity index (χ4n) is 2.03. The van der Waals surface area contributed by atoms with Crippen LogP contribution in [0.2, 0.25) is 0 Å². The molecule has 1 heterocycles. The average molecular weight is 289 g/mol. The highest BCUT2D eigenvalue weighted by molar-refractivity contribution is 5.98. The van der Waals surface area contributed by atoms with E-state index in [0.29, 0.717) is 10.9 Å². The van der Waals surface area contributed by atoms with Gasteiger partial charge in [0.1, 0.15) is 17.4 Å². The summed E-state index contributed by atoms with van der Waals surface area (Å²) in [6.45, 7) is 2.99. The Labute approximate surface area is 121 Å². The van der Waals surface area contributed by atoms with E-state index in [-0.39, 0.29) is 11.4 Å². The Balaban J connectivity index is 2.79. The third-order valence-corrected chi connectivity index (χ3v) is 3.62. The molecular formula is C14H15N3O4. The van der Waals surface area contributed by atoms with Crippen LogP contribution < -0.4 is 4.90 Å². The van der Waals surface area contributed by atoms with Crippen molar-refractivity contribution in [2.24, 2.45) is 0 Å². The number of para-hydroxylation sites is 1. The lowest BCUT2D eigenvalue weighted by molar-refractivity contribution is -0.384. The van der Waals surface area contributed by atoms with Crippen molar-refractivity contribution < 1.29 is 14.8 Å². The van der Waals surface area contributed by atoms with Gasteiger partial charge in [-0.25, -0.2) is 9.78 Å². The van der Waals surface area contributed by atoms with Crippen molar-refractivity contribution in [1.82, 2.24) is 4.98 Å². The highest BCUT2D eigenvalue weighted by Gasteiger charge is 2.36. The van der Waals surface area contributed by atoms with Gasteiger partial charge in [0, 0.05) is 12.4 Å². The van der Waals surface area contributed by atoms with Crippen molar-refractivity contribution in [2.75, 3.05) is 11.9 Å². The molecule has 0 aliphatic heterocycles. The third kappa shape index (κ3) is 2.37. The van der Waals surface area contributed by atoms with Gasteiger partial charge in [0.25, 0.3) is 0 Å². The van der Waals surface area contributed by atoms with Crippen LogP contribution in [0, 0.1) is 10.1 Å². The minimum Gasteiger partial charge on any atom is -0.480 e. The van der Waals surface area contributed by atoms with Crippen molar-refractivity contribution in [3.63, 3.8) is 0 Å². The van der Waals surface area contributed by atoms with Gasteiger partial charge >= 0.3 is 11.7 Å². The molecule has 0 fully saturated rings. The van der Waals surface area contributed by atoms with E-state index in [1.807, 2.05) is 0 Å². The molecule has 0 unspecified atom stereocenters. The number of rotatable bonds is 4. The Bertz CT molecular complexity index is 727. The van der Waals surface area contributed by atoms with Gasteiger partial charge in [-0.15, -0.1) is 0 Å². The summed E-state index contributed by atoms with van der Waals surface area (Å²) in [6, 6.07) is 6.93. The summed E-state index contributed by atoms with van der Waals surface area (Å²) in [5.41, 5.74) is -0.691. The molecule has 0 bridgehead atoms. The molecule has 7 heteroatoms. The maximum absolute atomic E-state index is 11.4. The standard InChI is InChI=1S/C14H15N3O4/c1-14(2,13(18)19)16(3)12-9-6-4-5-7-10(9)15-8-11(12)17(20)21/h4-8H,1-3H3,(H,18,19). The summed E-state index contributed by atoms with van der Waals surface area (Å²) < 4.78 is 0. The second-order valence-electron chi connectivity index (χ2n) is 5.19. The topological polar surface area (TPSA) is 96.6 Å². The van der Waals surface area contributed by atoms with Gasteiger partial charge in [-0.1, -0.05) is 18.2 Å². The van der Waals surface area contributed by atoms with Gasteiger partial charge in [0.15, 0.2) is 0 Å². The first kappa shape index (κ1) is 14.7. The second kappa shape index (κ2) is 5.01. The molecule has 1 aromatic carbocycles. The first-order valence-corrected chi connectivity index (χ1v) is 6.26. The Morgan fingerprint density at radius 2 is 2.00 bits per heavy atom. The van der Waals surface area contributed by atoms with E-state index in [9.17, 15) is 20.0 Å². The number of likely N-dealkylation sites (N-methyl/N-ethyl adjacent to an activating group) is 1. The highest BCUT2D eigenvalue weighted by atomic mass is 16.6. The van der Waals surface area contributed by atoms with E-state index in [0.717, 1.165) is 6.20 Å². The van der Waals surface area contributed by atoms with Gasteiger partial charge in [-0.3, -0.25) is 10.1 Å². The fourth-order valence-corrected chi connectivity index (χ4v) is 2.03. The number of hydrogen-bond acceptors (Lipinski definition) is 5. The lowest BCUT2D eigenvalue weighted by atomic mass is 10.0. The first-order chi connectivity index (χ1) is 9.76. The molecule has 0 amide bonds. The lowest BCUT2D eigenvalue weighted by Gasteiger charge is -2.33. The zero-order valence-corrected chi connectivity index (χ0v) is 11.9. The molecule has 21 heavy (non-hydrogen) atoms. The van der Waals surface area contributed by atoms with Crippen LogP contribution >= 0.6 is 0 Å². The number of anilines is 1. The highest BCUT2D eigenvalue weighted by Crippen LogP contribution is 2.37. The number of aromatic nitrogens is 1. The van der Waals surface area contributed by atoms with E-state index >= 15 is 0 Å². The molecule has 0 aliphatic rings. The van der Waals surface area contributed by atoms with Gasteiger partial charge in [-0.2, -0.15) is 0 Å². The number of pyridine rings is 1. The molecule has 1 N–H and O–H groups in total. The molecule has 7 nitrogen and oxygen atoms in total. The molecule has 0 spiro atoms. The maximum Gasteiger partial charge on any atom is 0.328 e. The molecular weight excluding hydrogens is 274 g/mol. The minimum absolute atomic E-state index is 0.217. The van der Waals surface area contributed by atoms with Crippen LogP contribution in [0.3, 0.4) is 0 Å². The van der Waals surface area contributed by atoms with Gasteiger partial charge in [0.05, 0.1) is 10.4 Å². The van der Waals surface area contributed by atoms with Crippen LogP contribution in [-0.2, 0) is 4.79 Å². The normalized spacial score (nSPS) is 11.4. The van der Waals surface area contributed by atoms with Crippen LogP contribution in [0.1, 0.15) is 13.8 Å². The number of nitrogens with zero attached hydrogens (tertiary/aromatic N) is 3.